The first-order valence-electron chi connectivity index (χ1n) is 7.66. The predicted octanol–water partition coefficient (Wildman–Crippen LogP) is 3.06. The summed E-state index contributed by atoms with van der Waals surface area (Å²) in [4.78, 5) is 27.4. The number of hydrogen-bond acceptors (Lipinski definition) is 2. The molecule has 2 N–H and O–H groups in total. The Morgan fingerprint density at radius 2 is 2.14 bits per heavy atom. The Balaban J connectivity index is 1.89. The Morgan fingerprint density at radius 3 is 2.91 bits per heavy atom. The number of rotatable bonds is 2. The van der Waals surface area contributed by atoms with Gasteiger partial charge in [-0.15, -0.1) is 0 Å². The minimum Gasteiger partial charge on any atom is -0.325 e. The number of aromatic nitrogens is 1. The third-order valence-electron chi connectivity index (χ3n) is 4.19. The fourth-order valence-electron chi connectivity index (χ4n) is 2.97. The van der Waals surface area contributed by atoms with Crippen LogP contribution in [0.2, 0.25) is 0 Å². The smallest absolute Gasteiger partial charge is 0.261 e. The quantitative estimate of drug-likeness (QED) is 0.894. The lowest BCUT2D eigenvalue weighted by Gasteiger charge is -2.21. The standard InChI is InChI=1S/C18H20N2O2/c1-11-4-3-5-14(9-11)19-17(21)15-10-13-8-12(2)6-7-16(13)20-18(15)22/h3-5,9-10,12H,6-8H2,1-2H3,(H,19,21)(H,20,22)/t12-/m0/s1. The number of carbonyl (C=O) groups excluding carboxylic acids is 1. The molecule has 0 fully saturated rings. The van der Waals surface area contributed by atoms with E-state index in [1.165, 1.54) is 0 Å². The molecule has 0 bridgehead atoms. The predicted molar refractivity (Wildman–Crippen MR) is 87.4 cm³/mol. The number of aryl methyl sites for hydroxylation is 2. The number of hydrogen-bond donors (Lipinski definition) is 2. The van der Waals surface area contributed by atoms with Crippen molar-refractivity contribution in [2.75, 3.05) is 5.32 Å². The second-order valence-electron chi connectivity index (χ2n) is 6.19. The maximum absolute atomic E-state index is 12.4. The normalized spacial score (nSPS) is 16.9. The summed E-state index contributed by atoms with van der Waals surface area (Å²) in [6, 6.07) is 9.30. The van der Waals surface area contributed by atoms with Crippen LogP contribution in [0.1, 0.15) is 40.5 Å². The fourth-order valence-corrected chi connectivity index (χ4v) is 2.97. The summed E-state index contributed by atoms with van der Waals surface area (Å²) in [5, 5.41) is 2.80. The average molecular weight is 296 g/mol. The minimum atomic E-state index is -0.354. The first-order chi connectivity index (χ1) is 10.5. The molecule has 1 atom stereocenters. The van der Waals surface area contributed by atoms with E-state index in [9.17, 15) is 9.59 Å². The Hall–Kier alpha value is -2.36. The van der Waals surface area contributed by atoms with Gasteiger partial charge in [-0.2, -0.15) is 0 Å². The Morgan fingerprint density at radius 1 is 1.32 bits per heavy atom. The SMILES string of the molecule is Cc1cccc(NC(=O)c2cc3c([nH]c2=O)CC[C@H](C)C3)c1. The van der Waals surface area contributed by atoms with Crippen LogP contribution < -0.4 is 10.9 Å². The van der Waals surface area contributed by atoms with Crippen molar-refractivity contribution >= 4 is 11.6 Å². The summed E-state index contributed by atoms with van der Waals surface area (Å²) in [5.74, 6) is 0.235. The molecule has 3 rings (SSSR count). The van der Waals surface area contributed by atoms with Crippen LogP contribution in [0.4, 0.5) is 5.69 Å². The lowest BCUT2D eigenvalue weighted by molar-refractivity contribution is 0.102. The van der Waals surface area contributed by atoms with Gasteiger partial charge in [0.1, 0.15) is 5.56 Å². The van der Waals surface area contributed by atoms with Crippen LogP contribution in [0.15, 0.2) is 35.1 Å². The number of carbonyl (C=O) groups is 1. The van der Waals surface area contributed by atoms with Gasteiger partial charge in [0.2, 0.25) is 0 Å². The van der Waals surface area contributed by atoms with Crippen LogP contribution in [0.25, 0.3) is 0 Å². The van der Waals surface area contributed by atoms with E-state index in [1.807, 2.05) is 31.2 Å². The van der Waals surface area contributed by atoms with Crippen molar-refractivity contribution in [1.82, 2.24) is 4.98 Å². The fraction of sp³-hybridized carbons (Fsp3) is 0.333. The van der Waals surface area contributed by atoms with Crippen LogP contribution in [-0.4, -0.2) is 10.9 Å². The highest BCUT2D eigenvalue weighted by molar-refractivity contribution is 6.04. The molecule has 1 aliphatic carbocycles. The first-order valence-corrected chi connectivity index (χ1v) is 7.66. The molecule has 114 valence electrons. The maximum atomic E-state index is 12.4. The number of aromatic amines is 1. The third-order valence-corrected chi connectivity index (χ3v) is 4.19. The van der Waals surface area contributed by atoms with E-state index in [2.05, 4.69) is 17.2 Å². The largest absolute Gasteiger partial charge is 0.325 e. The van der Waals surface area contributed by atoms with Gasteiger partial charge in [0.15, 0.2) is 0 Å². The van der Waals surface area contributed by atoms with E-state index in [1.54, 1.807) is 6.07 Å². The van der Waals surface area contributed by atoms with Crippen molar-refractivity contribution in [3.05, 3.63) is 63.1 Å². The second-order valence-corrected chi connectivity index (χ2v) is 6.19. The molecule has 1 amide bonds. The maximum Gasteiger partial charge on any atom is 0.261 e. The minimum absolute atomic E-state index is 0.189. The van der Waals surface area contributed by atoms with Crippen LogP contribution in [0.5, 0.6) is 0 Å². The number of benzene rings is 1. The second kappa shape index (κ2) is 5.79. The molecule has 0 aliphatic heterocycles. The first kappa shape index (κ1) is 14.6. The van der Waals surface area contributed by atoms with Gasteiger partial charge in [-0.3, -0.25) is 9.59 Å². The van der Waals surface area contributed by atoms with E-state index in [0.717, 1.165) is 36.1 Å². The van der Waals surface area contributed by atoms with E-state index in [0.29, 0.717) is 11.6 Å². The summed E-state index contributed by atoms with van der Waals surface area (Å²) in [7, 11) is 0. The van der Waals surface area contributed by atoms with Crippen molar-refractivity contribution in [2.24, 2.45) is 5.92 Å². The zero-order valence-electron chi connectivity index (χ0n) is 12.9. The molecule has 1 aliphatic rings. The molecule has 4 nitrogen and oxygen atoms in total. The molecule has 4 heteroatoms. The van der Waals surface area contributed by atoms with Gasteiger partial charge >= 0.3 is 0 Å². The average Bonchev–Trinajstić information content (AvgIpc) is 2.47. The van der Waals surface area contributed by atoms with Gasteiger partial charge in [-0.25, -0.2) is 0 Å². The van der Waals surface area contributed by atoms with Gasteiger partial charge in [0.05, 0.1) is 0 Å². The summed E-state index contributed by atoms with van der Waals surface area (Å²) in [6.07, 6.45) is 2.88. The molecule has 0 saturated carbocycles. The Bertz CT molecular complexity index is 777. The number of anilines is 1. The molecule has 0 radical (unpaired) electrons. The molecule has 2 aromatic rings. The number of fused-ring (bicyclic) bond motifs is 1. The highest BCUT2D eigenvalue weighted by Crippen LogP contribution is 2.23. The van der Waals surface area contributed by atoms with Crippen molar-refractivity contribution in [3.8, 4) is 0 Å². The summed E-state index contributed by atoms with van der Waals surface area (Å²) < 4.78 is 0. The number of amides is 1. The third kappa shape index (κ3) is 2.96. The molecule has 0 unspecified atom stereocenters. The summed E-state index contributed by atoms with van der Waals surface area (Å²) in [6.45, 7) is 4.16. The van der Waals surface area contributed by atoms with Crippen molar-refractivity contribution in [3.63, 3.8) is 0 Å². The van der Waals surface area contributed by atoms with Gasteiger partial charge in [-0.1, -0.05) is 19.1 Å². The van der Waals surface area contributed by atoms with Gasteiger partial charge < -0.3 is 10.3 Å². The van der Waals surface area contributed by atoms with Crippen molar-refractivity contribution in [1.29, 1.82) is 0 Å². The van der Waals surface area contributed by atoms with Crippen LogP contribution >= 0.6 is 0 Å². The molecule has 22 heavy (non-hydrogen) atoms. The molecule has 0 spiro atoms. The number of pyridine rings is 1. The lowest BCUT2D eigenvalue weighted by atomic mass is 9.87. The van der Waals surface area contributed by atoms with E-state index >= 15 is 0 Å². The van der Waals surface area contributed by atoms with Gasteiger partial charge in [0.25, 0.3) is 11.5 Å². The van der Waals surface area contributed by atoms with Crippen molar-refractivity contribution < 1.29 is 4.79 Å². The molecule has 1 aromatic heterocycles. The van der Waals surface area contributed by atoms with E-state index in [4.69, 9.17) is 0 Å². The molecular weight excluding hydrogens is 276 g/mol. The Labute approximate surface area is 129 Å². The number of H-pyrrole nitrogens is 1. The molecule has 1 heterocycles. The van der Waals surface area contributed by atoms with E-state index in [-0.39, 0.29) is 17.0 Å². The molecule has 1 aromatic carbocycles. The zero-order valence-corrected chi connectivity index (χ0v) is 12.9. The van der Waals surface area contributed by atoms with E-state index < -0.39 is 0 Å². The molecule has 0 saturated heterocycles. The van der Waals surface area contributed by atoms with Gasteiger partial charge in [-0.05, 0) is 61.4 Å². The highest BCUT2D eigenvalue weighted by Gasteiger charge is 2.20. The summed E-state index contributed by atoms with van der Waals surface area (Å²) in [5.41, 5.74) is 3.72. The Kier molecular flexibility index (Phi) is 3.84. The highest BCUT2D eigenvalue weighted by atomic mass is 16.2. The molecular formula is C18H20N2O2. The lowest BCUT2D eigenvalue weighted by Crippen LogP contribution is -2.27. The monoisotopic (exact) mass is 296 g/mol. The summed E-state index contributed by atoms with van der Waals surface area (Å²) >= 11 is 0. The van der Waals surface area contributed by atoms with Gasteiger partial charge in [0, 0.05) is 11.4 Å². The number of nitrogens with one attached hydrogen (secondary N) is 2. The topological polar surface area (TPSA) is 62.0 Å². The zero-order chi connectivity index (χ0) is 15.7. The van der Waals surface area contributed by atoms with Crippen LogP contribution in [0.3, 0.4) is 0 Å². The van der Waals surface area contributed by atoms with Crippen LogP contribution in [-0.2, 0) is 12.8 Å². The van der Waals surface area contributed by atoms with Crippen LogP contribution in [0, 0.1) is 12.8 Å². The van der Waals surface area contributed by atoms with Crippen molar-refractivity contribution in [2.45, 2.75) is 33.1 Å².